The predicted octanol–water partition coefficient (Wildman–Crippen LogP) is 1.32. The SMILES string of the molecule is Cl.N[C@@H]1CCCN(C(=O)CCC2CCCO2)C1. The summed E-state index contributed by atoms with van der Waals surface area (Å²) in [5, 5.41) is 0. The molecule has 2 aliphatic heterocycles. The van der Waals surface area contributed by atoms with Crippen molar-refractivity contribution in [2.45, 2.75) is 50.7 Å². The highest BCUT2D eigenvalue weighted by Crippen LogP contribution is 2.18. The first-order valence-electron chi connectivity index (χ1n) is 6.40. The summed E-state index contributed by atoms with van der Waals surface area (Å²) in [6, 6.07) is 0.181. The third-order valence-corrected chi connectivity index (χ3v) is 3.51. The van der Waals surface area contributed by atoms with Crippen molar-refractivity contribution < 1.29 is 9.53 Å². The zero-order valence-corrected chi connectivity index (χ0v) is 11.1. The van der Waals surface area contributed by atoms with E-state index in [-0.39, 0.29) is 24.4 Å². The first-order chi connectivity index (χ1) is 7.75. The third-order valence-electron chi connectivity index (χ3n) is 3.51. The largest absolute Gasteiger partial charge is 0.378 e. The van der Waals surface area contributed by atoms with Gasteiger partial charge < -0.3 is 15.4 Å². The molecular weight excluding hydrogens is 240 g/mol. The van der Waals surface area contributed by atoms with Crippen molar-refractivity contribution in [2.24, 2.45) is 5.73 Å². The van der Waals surface area contributed by atoms with Gasteiger partial charge in [0.2, 0.25) is 5.91 Å². The standard InChI is InChI=1S/C12H22N2O2.ClH/c13-10-3-1-7-14(9-10)12(15)6-5-11-4-2-8-16-11;/h10-11H,1-9,13H2;1H/t10-,11?;/m1./s1. The van der Waals surface area contributed by atoms with E-state index in [1.54, 1.807) is 0 Å². The van der Waals surface area contributed by atoms with E-state index in [0.717, 1.165) is 51.8 Å². The van der Waals surface area contributed by atoms with Gasteiger partial charge in [0, 0.05) is 32.2 Å². The van der Waals surface area contributed by atoms with Gasteiger partial charge in [-0.1, -0.05) is 0 Å². The molecule has 2 aliphatic rings. The fourth-order valence-corrected chi connectivity index (χ4v) is 2.55. The molecule has 0 aliphatic carbocycles. The van der Waals surface area contributed by atoms with Gasteiger partial charge in [-0.05, 0) is 32.1 Å². The summed E-state index contributed by atoms with van der Waals surface area (Å²) in [6.45, 7) is 2.50. The Kier molecular flexibility index (Phi) is 6.23. The maximum absolute atomic E-state index is 11.9. The molecule has 0 radical (unpaired) electrons. The van der Waals surface area contributed by atoms with Crippen molar-refractivity contribution in [3.05, 3.63) is 0 Å². The normalized spacial score (nSPS) is 28.9. The van der Waals surface area contributed by atoms with Crippen molar-refractivity contribution in [3.63, 3.8) is 0 Å². The Labute approximate surface area is 109 Å². The van der Waals surface area contributed by atoms with E-state index in [4.69, 9.17) is 10.5 Å². The molecule has 0 spiro atoms. The highest BCUT2D eigenvalue weighted by molar-refractivity contribution is 5.85. The van der Waals surface area contributed by atoms with Crippen LogP contribution in [0.2, 0.25) is 0 Å². The molecule has 0 aromatic heterocycles. The third kappa shape index (κ3) is 4.45. The lowest BCUT2D eigenvalue weighted by Gasteiger charge is -2.31. The lowest BCUT2D eigenvalue weighted by molar-refractivity contribution is -0.133. The van der Waals surface area contributed by atoms with Crippen LogP contribution in [0.1, 0.15) is 38.5 Å². The molecule has 100 valence electrons. The summed E-state index contributed by atoms with van der Waals surface area (Å²) in [5.74, 6) is 0.255. The first-order valence-corrected chi connectivity index (χ1v) is 6.40. The summed E-state index contributed by atoms with van der Waals surface area (Å²) < 4.78 is 5.52. The summed E-state index contributed by atoms with van der Waals surface area (Å²) in [4.78, 5) is 13.8. The molecule has 2 heterocycles. The van der Waals surface area contributed by atoms with Crippen molar-refractivity contribution in [3.8, 4) is 0 Å². The Morgan fingerprint density at radius 2 is 2.18 bits per heavy atom. The summed E-state index contributed by atoms with van der Waals surface area (Å²) in [5.41, 5.74) is 5.86. The van der Waals surface area contributed by atoms with Crippen molar-refractivity contribution >= 4 is 18.3 Å². The molecule has 0 aromatic rings. The van der Waals surface area contributed by atoms with Crippen molar-refractivity contribution in [1.82, 2.24) is 4.90 Å². The summed E-state index contributed by atoms with van der Waals surface area (Å²) >= 11 is 0. The molecule has 2 rings (SSSR count). The maximum atomic E-state index is 11.9. The lowest BCUT2D eigenvalue weighted by atomic mass is 10.1. The smallest absolute Gasteiger partial charge is 0.222 e. The van der Waals surface area contributed by atoms with Gasteiger partial charge in [0.15, 0.2) is 0 Å². The number of nitrogens with two attached hydrogens (primary N) is 1. The highest BCUT2D eigenvalue weighted by atomic mass is 35.5. The number of ether oxygens (including phenoxy) is 1. The number of piperidine rings is 1. The molecule has 1 unspecified atom stereocenters. The van der Waals surface area contributed by atoms with Gasteiger partial charge in [-0.2, -0.15) is 0 Å². The number of rotatable bonds is 3. The van der Waals surface area contributed by atoms with Gasteiger partial charge >= 0.3 is 0 Å². The van der Waals surface area contributed by atoms with Gasteiger partial charge in [-0.3, -0.25) is 4.79 Å². The predicted molar refractivity (Wildman–Crippen MR) is 69.2 cm³/mol. The van der Waals surface area contributed by atoms with E-state index in [1.807, 2.05) is 4.90 Å². The van der Waals surface area contributed by atoms with Crippen LogP contribution in [-0.4, -0.2) is 42.6 Å². The molecule has 17 heavy (non-hydrogen) atoms. The van der Waals surface area contributed by atoms with Gasteiger partial charge in [0.25, 0.3) is 0 Å². The molecule has 2 saturated heterocycles. The fourth-order valence-electron chi connectivity index (χ4n) is 2.55. The van der Waals surface area contributed by atoms with Gasteiger partial charge in [0.1, 0.15) is 0 Å². The van der Waals surface area contributed by atoms with E-state index < -0.39 is 0 Å². The van der Waals surface area contributed by atoms with Crippen LogP contribution in [-0.2, 0) is 9.53 Å². The molecule has 0 saturated carbocycles. The van der Waals surface area contributed by atoms with E-state index in [0.29, 0.717) is 12.5 Å². The second-order valence-electron chi connectivity index (χ2n) is 4.92. The Balaban J connectivity index is 0.00000144. The van der Waals surface area contributed by atoms with Gasteiger partial charge in [0.05, 0.1) is 6.10 Å². The Hall–Kier alpha value is -0.320. The number of nitrogens with zero attached hydrogens (tertiary/aromatic N) is 1. The van der Waals surface area contributed by atoms with Crippen LogP contribution in [0.15, 0.2) is 0 Å². The minimum Gasteiger partial charge on any atom is -0.378 e. The quantitative estimate of drug-likeness (QED) is 0.835. The average molecular weight is 263 g/mol. The zero-order valence-electron chi connectivity index (χ0n) is 10.3. The minimum atomic E-state index is 0. The number of amides is 1. The molecule has 5 heteroatoms. The molecule has 2 atom stereocenters. The average Bonchev–Trinajstić information content (AvgIpc) is 2.78. The number of carbonyl (C=O) groups excluding carboxylic acids is 1. The van der Waals surface area contributed by atoms with Crippen molar-refractivity contribution in [2.75, 3.05) is 19.7 Å². The van der Waals surface area contributed by atoms with Crippen LogP contribution in [0.3, 0.4) is 0 Å². The van der Waals surface area contributed by atoms with Crippen LogP contribution in [0.4, 0.5) is 0 Å². The Morgan fingerprint density at radius 3 is 2.82 bits per heavy atom. The van der Waals surface area contributed by atoms with E-state index in [2.05, 4.69) is 0 Å². The summed E-state index contributed by atoms with van der Waals surface area (Å²) in [7, 11) is 0. The topological polar surface area (TPSA) is 55.6 Å². The number of halogens is 1. The second-order valence-corrected chi connectivity index (χ2v) is 4.92. The number of hydrogen-bond acceptors (Lipinski definition) is 3. The van der Waals surface area contributed by atoms with Crippen LogP contribution in [0.5, 0.6) is 0 Å². The zero-order chi connectivity index (χ0) is 11.4. The highest BCUT2D eigenvalue weighted by Gasteiger charge is 2.23. The lowest BCUT2D eigenvalue weighted by Crippen LogP contribution is -2.45. The fraction of sp³-hybridized carbons (Fsp3) is 0.917. The molecule has 1 amide bonds. The second kappa shape index (κ2) is 7.19. The van der Waals surface area contributed by atoms with Crippen LogP contribution in [0, 0.1) is 0 Å². The molecule has 2 N–H and O–H groups in total. The van der Waals surface area contributed by atoms with E-state index in [9.17, 15) is 4.79 Å². The van der Waals surface area contributed by atoms with Crippen LogP contribution in [0.25, 0.3) is 0 Å². The molecule has 4 nitrogen and oxygen atoms in total. The summed E-state index contributed by atoms with van der Waals surface area (Å²) in [6.07, 6.45) is 6.19. The van der Waals surface area contributed by atoms with Crippen LogP contribution < -0.4 is 5.73 Å². The minimum absolute atomic E-state index is 0. The molecule has 2 fully saturated rings. The number of hydrogen-bond donors (Lipinski definition) is 1. The first kappa shape index (κ1) is 14.7. The Bertz CT molecular complexity index is 245. The molecule has 0 aromatic carbocycles. The van der Waals surface area contributed by atoms with Gasteiger partial charge in [-0.25, -0.2) is 0 Å². The van der Waals surface area contributed by atoms with Gasteiger partial charge in [-0.15, -0.1) is 12.4 Å². The van der Waals surface area contributed by atoms with Crippen LogP contribution >= 0.6 is 12.4 Å². The van der Waals surface area contributed by atoms with E-state index in [1.165, 1.54) is 0 Å². The maximum Gasteiger partial charge on any atom is 0.222 e. The number of likely N-dealkylation sites (tertiary alicyclic amines) is 1. The monoisotopic (exact) mass is 262 g/mol. The molecular formula is C12H23ClN2O2. The number of carbonyl (C=O) groups is 1. The Morgan fingerprint density at radius 1 is 1.35 bits per heavy atom. The van der Waals surface area contributed by atoms with E-state index >= 15 is 0 Å². The molecule has 0 bridgehead atoms. The van der Waals surface area contributed by atoms with Crippen molar-refractivity contribution in [1.29, 1.82) is 0 Å².